The topological polar surface area (TPSA) is 86.5 Å². The minimum Gasteiger partial charge on any atom is -0.374 e. The zero-order chi connectivity index (χ0) is 23.0. The molecule has 0 radical (unpaired) electrons. The summed E-state index contributed by atoms with van der Waals surface area (Å²) in [5.74, 6) is 0. The highest BCUT2D eigenvalue weighted by molar-refractivity contribution is 5.97. The van der Waals surface area contributed by atoms with E-state index in [0.717, 1.165) is 61.0 Å². The minimum absolute atomic E-state index is 0.578. The molecule has 0 amide bonds. The van der Waals surface area contributed by atoms with Gasteiger partial charge in [0.2, 0.25) is 0 Å². The number of H-pyrrole nitrogens is 1. The number of aryl methyl sites for hydroxylation is 1. The van der Waals surface area contributed by atoms with Crippen molar-refractivity contribution >= 4 is 29.1 Å². The highest BCUT2D eigenvalue weighted by Crippen LogP contribution is 2.37. The summed E-state index contributed by atoms with van der Waals surface area (Å²) >= 11 is 0. The zero-order valence-electron chi connectivity index (χ0n) is 20.0. The second kappa shape index (κ2) is 11.1. The number of hydrogen-bond acceptors (Lipinski definition) is 5. The monoisotopic (exact) mass is 425 g/mol. The first-order chi connectivity index (χ1) is 14.9. The molecular formula is C25H39N5O. The van der Waals surface area contributed by atoms with Crippen LogP contribution in [-0.2, 0) is 16.6 Å². The van der Waals surface area contributed by atoms with Crippen LogP contribution in [0, 0.1) is 0 Å². The lowest BCUT2D eigenvalue weighted by Gasteiger charge is -2.28. The van der Waals surface area contributed by atoms with Crippen LogP contribution < -0.4 is 16.1 Å². The Labute approximate surface area is 187 Å². The molecular weight excluding hydrogens is 386 g/mol. The number of fused-ring (bicyclic) bond motifs is 3. The normalized spacial score (nSPS) is 16.8. The lowest BCUT2D eigenvalue weighted by atomic mass is 9.84. The van der Waals surface area contributed by atoms with Gasteiger partial charge in [0.05, 0.1) is 11.9 Å². The van der Waals surface area contributed by atoms with Gasteiger partial charge in [-0.25, -0.2) is 0 Å². The van der Waals surface area contributed by atoms with Crippen LogP contribution in [0.4, 0.5) is 5.69 Å². The Kier molecular flexibility index (Phi) is 8.87. The molecule has 6 nitrogen and oxygen atoms in total. The molecule has 3 rings (SSSR count). The van der Waals surface area contributed by atoms with Crippen molar-refractivity contribution in [1.29, 1.82) is 0 Å². The van der Waals surface area contributed by atoms with E-state index in [1.165, 1.54) is 16.5 Å². The molecule has 31 heavy (non-hydrogen) atoms. The molecule has 0 atom stereocenters. The number of benzene rings is 1. The van der Waals surface area contributed by atoms with Crippen molar-refractivity contribution in [2.75, 3.05) is 25.0 Å². The van der Waals surface area contributed by atoms with E-state index in [4.69, 9.17) is 5.73 Å². The van der Waals surface area contributed by atoms with Crippen LogP contribution in [-0.4, -0.2) is 37.6 Å². The largest absolute Gasteiger partial charge is 0.374 e. The predicted octanol–water partition coefficient (Wildman–Crippen LogP) is 4.62. The lowest BCUT2D eigenvalue weighted by Crippen LogP contribution is -2.27. The predicted molar refractivity (Wildman–Crippen MR) is 133 cm³/mol. The number of nitrogens with zero attached hydrogens (tertiary/aromatic N) is 2. The highest BCUT2D eigenvalue weighted by atomic mass is 16.1. The molecule has 0 fully saturated rings. The molecule has 4 N–H and O–H groups in total. The summed E-state index contributed by atoms with van der Waals surface area (Å²) in [5, 5.41) is 5.54. The lowest BCUT2D eigenvalue weighted by molar-refractivity contribution is -0.111. The van der Waals surface area contributed by atoms with Crippen LogP contribution in [0.5, 0.6) is 0 Å². The Balaban J connectivity index is 0.00000166. The second-order valence-electron chi connectivity index (χ2n) is 8.57. The average molecular weight is 426 g/mol. The summed E-state index contributed by atoms with van der Waals surface area (Å²) in [6.07, 6.45) is 8.85. The van der Waals surface area contributed by atoms with Gasteiger partial charge in [0.15, 0.2) is 0 Å². The molecule has 0 bridgehead atoms. The van der Waals surface area contributed by atoms with Crippen LogP contribution in [0.1, 0.15) is 70.7 Å². The van der Waals surface area contributed by atoms with E-state index in [9.17, 15) is 4.79 Å². The Morgan fingerprint density at radius 1 is 1.26 bits per heavy atom. The van der Waals surface area contributed by atoms with Gasteiger partial charge in [0.1, 0.15) is 6.29 Å². The third kappa shape index (κ3) is 5.76. The van der Waals surface area contributed by atoms with Gasteiger partial charge in [-0.3, -0.25) is 5.43 Å². The van der Waals surface area contributed by atoms with Gasteiger partial charge in [-0.2, -0.15) is 5.10 Å². The highest BCUT2D eigenvalue weighted by Gasteiger charge is 2.26. The molecule has 0 unspecified atom stereocenters. The van der Waals surface area contributed by atoms with Gasteiger partial charge in [0, 0.05) is 41.8 Å². The fourth-order valence-corrected chi connectivity index (χ4v) is 3.90. The number of carbonyl (C=O) groups excluding carboxylic acids is 1. The number of hydrogen-bond donors (Lipinski definition) is 3. The summed E-state index contributed by atoms with van der Waals surface area (Å²) < 4.78 is 0. The Bertz CT molecular complexity index is 939. The van der Waals surface area contributed by atoms with Gasteiger partial charge in [0.25, 0.3) is 0 Å². The van der Waals surface area contributed by atoms with Crippen LogP contribution in [0.3, 0.4) is 0 Å². The number of nitrogens with two attached hydrogens (primary N) is 1. The molecule has 1 aromatic heterocycles. The van der Waals surface area contributed by atoms with Gasteiger partial charge >= 0.3 is 0 Å². The number of nitrogens with one attached hydrogen (secondary N) is 2. The Morgan fingerprint density at radius 3 is 2.68 bits per heavy atom. The second-order valence-corrected chi connectivity index (χ2v) is 8.57. The summed E-state index contributed by atoms with van der Waals surface area (Å²) in [4.78, 5) is 17.6. The van der Waals surface area contributed by atoms with Crippen molar-refractivity contribution in [1.82, 2.24) is 10.4 Å². The molecule has 2 aromatic rings. The number of carbonyl (C=O) groups is 1. The third-order valence-corrected chi connectivity index (χ3v) is 5.73. The van der Waals surface area contributed by atoms with Gasteiger partial charge in [-0.05, 0) is 76.3 Å². The maximum absolute atomic E-state index is 11.9. The summed E-state index contributed by atoms with van der Waals surface area (Å²) in [5.41, 5.74) is 14.9. The number of aldehydes is 1. The third-order valence-electron chi connectivity index (χ3n) is 5.73. The van der Waals surface area contributed by atoms with E-state index >= 15 is 0 Å². The van der Waals surface area contributed by atoms with E-state index in [1.54, 1.807) is 0 Å². The fraction of sp³-hybridized carbons (Fsp3) is 0.520. The molecule has 1 aliphatic rings. The van der Waals surface area contributed by atoms with E-state index in [-0.39, 0.29) is 0 Å². The van der Waals surface area contributed by atoms with Crippen molar-refractivity contribution < 1.29 is 4.79 Å². The smallest absolute Gasteiger partial charge is 0.130 e. The first-order valence-electron chi connectivity index (χ1n) is 11.4. The van der Waals surface area contributed by atoms with Crippen molar-refractivity contribution in [3.63, 3.8) is 0 Å². The Morgan fingerprint density at radius 2 is 2.00 bits per heavy atom. The van der Waals surface area contributed by atoms with Crippen molar-refractivity contribution in [3.8, 4) is 0 Å². The fourth-order valence-electron chi connectivity index (χ4n) is 3.90. The molecule has 6 heteroatoms. The van der Waals surface area contributed by atoms with E-state index in [1.807, 2.05) is 40.1 Å². The quantitative estimate of drug-likeness (QED) is 0.590. The molecule has 1 aliphatic heterocycles. The minimum atomic E-state index is -0.578. The summed E-state index contributed by atoms with van der Waals surface area (Å²) in [6, 6.07) is 4.37. The summed E-state index contributed by atoms with van der Waals surface area (Å²) in [6.45, 7) is 11.6. The first kappa shape index (κ1) is 24.7. The average Bonchev–Trinajstić information content (AvgIpc) is 3.12. The first-order valence-corrected chi connectivity index (χ1v) is 11.4. The van der Waals surface area contributed by atoms with E-state index in [0.29, 0.717) is 6.54 Å². The molecule has 1 aromatic carbocycles. The molecule has 0 spiro atoms. The number of allylic oxidation sites excluding steroid dienone is 1. The number of aromatic amines is 1. The molecule has 0 saturated carbocycles. The van der Waals surface area contributed by atoms with Crippen molar-refractivity contribution in [2.45, 2.75) is 65.7 Å². The molecule has 0 saturated heterocycles. The number of hydrazone groups is 1. The molecule has 170 valence electrons. The van der Waals surface area contributed by atoms with Gasteiger partial charge in [-0.1, -0.05) is 19.4 Å². The SMILES string of the molecule is C/C1=C\N/N=C/c2[nH]c3cc(C(C)(C)C=O)c(N(C)CCCN)cc3c2CCC1.CC. The number of aromatic nitrogens is 1. The Hall–Kier alpha value is -2.60. The van der Waals surface area contributed by atoms with E-state index < -0.39 is 5.41 Å². The number of rotatable bonds is 6. The van der Waals surface area contributed by atoms with Gasteiger partial charge < -0.3 is 20.4 Å². The maximum atomic E-state index is 11.9. The molecule has 0 aliphatic carbocycles. The summed E-state index contributed by atoms with van der Waals surface area (Å²) in [7, 11) is 2.08. The van der Waals surface area contributed by atoms with Gasteiger partial charge in [-0.15, -0.1) is 0 Å². The van der Waals surface area contributed by atoms with Crippen LogP contribution >= 0.6 is 0 Å². The molecule has 2 heterocycles. The van der Waals surface area contributed by atoms with Crippen LogP contribution in [0.2, 0.25) is 0 Å². The van der Waals surface area contributed by atoms with Crippen molar-refractivity contribution in [2.24, 2.45) is 10.8 Å². The zero-order valence-corrected chi connectivity index (χ0v) is 20.0. The van der Waals surface area contributed by atoms with Crippen LogP contribution in [0.25, 0.3) is 10.9 Å². The van der Waals surface area contributed by atoms with Crippen LogP contribution in [0.15, 0.2) is 29.0 Å². The number of anilines is 1. The maximum Gasteiger partial charge on any atom is 0.130 e. The van der Waals surface area contributed by atoms with Crippen molar-refractivity contribution in [3.05, 3.63) is 40.7 Å². The van der Waals surface area contributed by atoms with E-state index in [2.05, 4.69) is 46.5 Å². The standard InChI is InChI=1S/C23H33N5O.C2H6/c1-16-7-5-8-17-18-11-22(28(4)10-6-9-24)19(23(2,3)15-29)12-20(18)27-21(17)14-26-25-13-16;1-2/h11-15,25,27H,5-10,24H2,1-4H3;1-2H3/b16-13+,26-14+;.